The number of nitrogens with zero attached hydrogens (tertiary/aromatic N) is 1. The Kier molecular flexibility index (Phi) is 4.09. The SMILES string of the molecule is CCc1c(C#N)ccc(CC(=O)O)c1I. The predicted molar refractivity (Wildman–Crippen MR) is 64.6 cm³/mol. The van der Waals surface area contributed by atoms with Gasteiger partial charge in [0.1, 0.15) is 0 Å². The Hall–Kier alpha value is -1.09. The van der Waals surface area contributed by atoms with Gasteiger partial charge in [-0.25, -0.2) is 0 Å². The number of carbonyl (C=O) groups is 1. The Balaban J connectivity index is 3.24. The van der Waals surface area contributed by atoms with Gasteiger partial charge in [-0.2, -0.15) is 5.26 Å². The highest BCUT2D eigenvalue weighted by Crippen LogP contribution is 2.22. The number of hydrogen-bond donors (Lipinski definition) is 1. The third-order valence-electron chi connectivity index (χ3n) is 2.14. The third-order valence-corrected chi connectivity index (χ3v) is 3.48. The number of nitriles is 1. The maximum Gasteiger partial charge on any atom is 0.307 e. The summed E-state index contributed by atoms with van der Waals surface area (Å²) in [5.41, 5.74) is 2.35. The van der Waals surface area contributed by atoms with E-state index < -0.39 is 5.97 Å². The molecule has 4 heteroatoms. The van der Waals surface area contributed by atoms with Crippen molar-refractivity contribution in [1.29, 1.82) is 5.26 Å². The van der Waals surface area contributed by atoms with Crippen LogP contribution in [0.25, 0.3) is 0 Å². The van der Waals surface area contributed by atoms with Crippen LogP contribution in [0.5, 0.6) is 0 Å². The molecule has 0 atom stereocenters. The van der Waals surface area contributed by atoms with Crippen molar-refractivity contribution in [2.45, 2.75) is 19.8 Å². The van der Waals surface area contributed by atoms with Gasteiger partial charge in [0, 0.05) is 3.57 Å². The van der Waals surface area contributed by atoms with Crippen LogP contribution in [0.1, 0.15) is 23.6 Å². The molecule has 15 heavy (non-hydrogen) atoms. The number of carboxylic acids is 1. The van der Waals surface area contributed by atoms with Gasteiger partial charge in [0.25, 0.3) is 0 Å². The molecule has 0 radical (unpaired) electrons. The molecule has 0 aliphatic carbocycles. The Bertz CT molecular complexity index is 435. The zero-order valence-corrected chi connectivity index (χ0v) is 10.4. The lowest BCUT2D eigenvalue weighted by atomic mass is 10.0. The molecule has 0 amide bonds. The summed E-state index contributed by atoms with van der Waals surface area (Å²) in [4.78, 5) is 10.6. The normalized spacial score (nSPS) is 9.67. The Morgan fingerprint density at radius 1 is 1.60 bits per heavy atom. The third kappa shape index (κ3) is 2.69. The second-order valence-electron chi connectivity index (χ2n) is 3.10. The fraction of sp³-hybridized carbons (Fsp3) is 0.273. The minimum atomic E-state index is -0.848. The Labute approximate surface area is 102 Å². The van der Waals surface area contributed by atoms with E-state index in [2.05, 4.69) is 28.7 Å². The van der Waals surface area contributed by atoms with E-state index in [0.29, 0.717) is 5.56 Å². The summed E-state index contributed by atoms with van der Waals surface area (Å²) in [7, 11) is 0. The second kappa shape index (κ2) is 5.12. The van der Waals surface area contributed by atoms with Crippen LogP contribution in [0.3, 0.4) is 0 Å². The first-order valence-corrected chi connectivity index (χ1v) is 5.60. The van der Waals surface area contributed by atoms with Gasteiger partial charge in [-0.1, -0.05) is 13.0 Å². The molecule has 1 aromatic carbocycles. The number of benzene rings is 1. The summed E-state index contributed by atoms with van der Waals surface area (Å²) in [6.45, 7) is 1.96. The molecular formula is C11H10INO2. The largest absolute Gasteiger partial charge is 0.481 e. The van der Waals surface area contributed by atoms with E-state index >= 15 is 0 Å². The van der Waals surface area contributed by atoms with Crippen LogP contribution in [-0.2, 0) is 17.6 Å². The predicted octanol–water partition coefficient (Wildman–Crippen LogP) is 2.35. The van der Waals surface area contributed by atoms with Gasteiger partial charge in [0.05, 0.1) is 18.1 Å². The molecule has 0 saturated heterocycles. The zero-order chi connectivity index (χ0) is 11.4. The molecule has 0 aliphatic heterocycles. The van der Waals surface area contributed by atoms with E-state index in [4.69, 9.17) is 10.4 Å². The number of rotatable bonds is 3. The number of aliphatic carboxylic acids is 1. The summed E-state index contributed by atoms with van der Waals surface area (Å²) in [6.07, 6.45) is 0.756. The topological polar surface area (TPSA) is 61.1 Å². The summed E-state index contributed by atoms with van der Waals surface area (Å²) < 4.78 is 0.900. The minimum absolute atomic E-state index is 0.0109. The van der Waals surface area contributed by atoms with Crippen molar-refractivity contribution in [2.24, 2.45) is 0 Å². The molecule has 1 rings (SSSR count). The molecule has 3 nitrogen and oxygen atoms in total. The quantitative estimate of drug-likeness (QED) is 0.871. The standard InChI is InChI=1S/C11H10INO2/c1-2-9-8(6-13)4-3-7(11(9)12)5-10(14)15/h3-4H,2,5H2,1H3,(H,14,15). The molecule has 1 N–H and O–H groups in total. The summed E-state index contributed by atoms with van der Waals surface area (Å²) in [5, 5.41) is 17.6. The molecule has 0 heterocycles. The van der Waals surface area contributed by atoms with Gasteiger partial charge >= 0.3 is 5.97 Å². The first kappa shape index (κ1) is 12.0. The van der Waals surface area contributed by atoms with Gasteiger partial charge in [-0.15, -0.1) is 0 Å². The van der Waals surface area contributed by atoms with Gasteiger partial charge in [0.15, 0.2) is 0 Å². The van der Waals surface area contributed by atoms with Crippen LogP contribution in [0, 0.1) is 14.9 Å². The van der Waals surface area contributed by atoms with Crippen molar-refractivity contribution >= 4 is 28.6 Å². The molecule has 0 aliphatic rings. The molecule has 0 saturated carbocycles. The molecule has 0 fully saturated rings. The first-order chi connectivity index (χ1) is 7.10. The molecule has 0 unspecified atom stereocenters. The van der Waals surface area contributed by atoms with Crippen LogP contribution in [0.4, 0.5) is 0 Å². The van der Waals surface area contributed by atoms with Crippen molar-refractivity contribution in [3.05, 3.63) is 32.4 Å². The smallest absolute Gasteiger partial charge is 0.307 e. The lowest BCUT2D eigenvalue weighted by Crippen LogP contribution is -2.05. The van der Waals surface area contributed by atoms with E-state index in [1.165, 1.54) is 0 Å². The van der Waals surface area contributed by atoms with E-state index in [1.807, 2.05) is 6.92 Å². The summed E-state index contributed by atoms with van der Waals surface area (Å²) in [5.74, 6) is -0.848. The fourth-order valence-electron chi connectivity index (χ4n) is 1.42. The number of halogens is 1. The van der Waals surface area contributed by atoms with E-state index in [-0.39, 0.29) is 6.42 Å². The molecular weight excluding hydrogens is 305 g/mol. The fourth-order valence-corrected chi connectivity index (χ4v) is 2.46. The number of carboxylic acid groups (broad SMARTS) is 1. The highest BCUT2D eigenvalue weighted by molar-refractivity contribution is 14.1. The van der Waals surface area contributed by atoms with Crippen molar-refractivity contribution < 1.29 is 9.90 Å². The van der Waals surface area contributed by atoms with E-state index in [1.54, 1.807) is 12.1 Å². The van der Waals surface area contributed by atoms with Crippen LogP contribution < -0.4 is 0 Å². The van der Waals surface area contributed by atoms with Gasteiger partial charge in [-0.05, 0) is 46.2 Å². The van der Waals surface area contributed by atoms with Crippen molar-refractivity contribution in [3.63, 3.8) is 0 Å². The van der Waals surface area contributed by atoms with Gasteiger partial charge in [0.2, 0.25) is 0 Å². The molecule has 1 aromatic rings. The number of hydrogen-bond acceptors (Lipinski definition) is 2. The monoisotopic (exact) mass is 315 g/mol. The molecule has 0 spiro atoms. The average Bonchev–Trinajstić information content (AvgIpc) is 2.20. The Morgan fingerprint density at radius 3 is 2.73 bits per heavy atom. The van der Waals surface area contributed by atoms with Crippen molar-refractivity contribution in [2.75, 3.05) is 0 Å². The first-order valence-electron chi connectivity index (χ1n) is 4.52. The molecule has 0 bridgehead atoms. The Morgan fingerprint density at radius 2 is 2.27 bits per heavy atom. The lowest BCUT2D eigenvalue weighted by Gasteiger charge is -2.08. The summed E-state index contributed by atoms with van der Waals surface area (Å²) in [6, 6.07) is 5.53. The minimum Gasteiger partial charge on any atom is -0.481 e. The van der Waals surface area contributed by atoms with Crippen LogP contribution >= 0.6 is 22.6 Å². The maximum atomic E-state index is 10.6. The lowest BCUT2D eigenvalue weighted by molar-refractivity contribution is -0.136. The van der Waals surface area contributed by atoms with Gasteiger partial charge in [-0.3, -0.25) is 4.79 Å². The molecule has 78 valence electrons. The van der Waals surface area contributed by atoms with Gasteiger partial charge < -0.3 is 5.11 Å². The van der Waals surface area contributed by atoms with E-state index in [0.717, 1.165) is 21.1 Å². The maximum absolute atomic E-state index is 10.6. The second-order valence-corrected chi connectivity index (χ2v) is 4.18. The van der Waals surface area contributed by atoms with Crippen LogP contribution in [0.2, 0.25) is 0 Å². The average molecular weight is 315 g/mol. The van der Waals surface area contributed by atoms with Crippen molar-refractivity contribution in [1.82, 2.24) is 0 Å². The highest BCUT2D eigenvalue weighted by atomic mass is 127. The van der Waals surface area contributed by atoms with E-state index in [9.17, 15) is 4.79 Å². The highest BCUT2D eigenvalue weighted by Gasteiger charge is 2.11. The molecule has 0 aromatic heterocycles. The zero-order valence-electron chi connectivity index (χ0n) is 8.25. The van der Waals surface area contributed by atoms with Crippen molar-refractivity contribution in [3.8, 4) is 6.07 Å². The summed E-state index contributed by atoms with van der Waals surface area (Å²) >= 11 is 2.11. The van der Waals surface area contributed by atoms with Crippen LogP contribution in [0.15, 0.2) is 12.1 Å². The van der Waals surface area contributed by atoms with Crippen LogP contribution in [-0.4, -0.2) is 11.1 Å².